The van der Waals surface area contributed by atoms with Crippen molar-refractivity contribution in [3.8, 4) is 0 Å². The molecule has 4 rings (SSSR count). The van der Waals surface area contributed by atoms with E-state index in [1.807, 2.05) is 0 Å². The molecule has 1 aliphatic rings. The molecule has 2 aromatic heterocycles. The van der Waals surface area contributed by atoms with E-state index in [0.717, 1.165) is 19.3 Å². The molecule has 1 aliphatic carbocycles. The molecule has 0 atom stereocenters. The monoisotopic (exact) mass is 346 g/mol. The molecule has 8 heteroatoms. The number of para-hydroxylation sites is 1. The minimum absolute atomic E-state index is 0.131. The summed E-state index contributed by atoms with van der Waals surface area (Å²) in [7, 11) is -3.78. The van der Waals surface area contributed by atoms with Gasteiger partial charge < -0.3 is 0 Å². The molecule has 124 valence electrons. The highest BCUT2D eigenvalue weighted by Crippen LogP contribution is 2.33. The van der Waals surface area contributed by atoms with Crippen molar-refractivity contribution < 1.29 is 12.8 Å². The summed E-state index contributed by atoms with van der Waals surface area (Å²) in [4.78, 5) is 4.01. The number of rotatable bonds is 4. The maximum Gasteiger partial charge on any atom is 0.279 e. The first-order chi connectivity index (χ1) is 11.5. The molecule has 6 nitrogen and oxygen atoms in total. The van der Waals surface area contributed by atoms with Crippen LogP contribution in [0.2, 0.25) is 0 Å². The zero-order chi connectivity index (χ0) is 16.7. The van der Waals surface area contributed by atoms with Gasteiger partial charge in [0.15, 0.2) is 5.03 Å². The largest absolute Gasteiger partial charge is 0.279 e. The van der Waals surface area contributed by atoms with E-state index in [0.29, 0.717) is 5.39 Å². The fourth-order valence-electron chi connectivity index (χ4n) is 2.81. The van der Waals surface area contributed by atoms with Crippen LogP contribution in [-0.4, -0.2) is 23.2 Å². The van der Waals surface area contributed by atoms with Crippen LogP contribution in [0.1, 0.15) is 25.3 Å². The van der Waals surface area contributed by atoms with E-state index in [-0.39, 0.29) is 22.3 Å². The summed E-state index contributed by atoms with van der Waals surface area (Å²) in [5.74, 6) is -0.440. The Hall–Kier alpha value is -2.48. The molecule has 2 heterocycles. The van der Waals surface area contributed by atoms with Crippen LogP contribution >= 0.6 is 0 Å². The number of hydrogen-bond acceptors (Lipinski definition) is 4. The number of sulfonamides is 1. The van der Waals surface area contributed by atoms with E-state index in [2.05, 4.69) is 14.8 Å². The Labute approximate surface area is 138 Å². The van der Waals surface area contributed by atoms with Crippen molar-refractivity contribution in [1.82, 2.24) is 14.8 Å². The highest BCUT2D eigenvalue weighted by molar-refractivity contribution is 7.92. The van der Waals surface area contributed by atoms with Gasteiger partial charge in [-0.05, 0) is 37.5 Å². The van der Waals surface area contributed by atoms with Crippen molar-refractivity contribution in [2.75, 3.05) is 4.72 Å². The molecule has 3 aromatic rings. The zero-order valence-electron chi connectivity index (χ0n) is 12.7. The molecule has 1 N–H and O–H groups in total. The first kappa shape index (κ1) is 15.1. The molecular formula is C16H15FN4O2S. The third kappa shape index (κ3) is 2.52. The summed E-state index contributed by atoms with van der Waals surface area (Å²) >= 11 is 0. The molecule has 0 unspecified atom stereocenters. The van der Waals surface area contributed by atoms with Gasteiger partial charge in [-0.25, -0.2) is 9.07 Å². The summed E-state index contributed by atoms with van der Waals surface area (Å²) in [6.45, 7) is 0. The summed E-state index contributed by atoms with van der Waals surface area (Å²) < 4.78 is 43.0. The minimum Gasteiger partial charge on any atom is -0.277 e. The van der Waals surface area contributed by atoms with Gasteiger partial charge in [-0.3, -0.25) is 9.71 Å². The third-order valence-corrected chi connectivity index (χ3v) is 5.62. The number of nitrogens with zero attached hydrogens (tertiary/aromatic N) is 3. The predicted octanol–water partition coefficient (Wildman–Crippen LogP) is 3.10. The molecule has 1 saturated carbocycles. The summed E-state index contributed by atoms with van der Waals surface area (Å²) in [6, 6.07) is 7.74. The van der Waals surface area contributed by atoms with Crippen LogP contribution in [0.3, 0.4) is 0 Å². The highest BCUT2D eigenvalue weighted by Gasteiger charge is 2.27. The Bertz CT molecular complexity index is 1010. The highest BCUT2D eigenvalue weighted by atomic mass is 32.2. The molecular weight excluding hydrogens is 331 g/mol. The van der Waals surface area contributed by atoms with Gasteiger partial charge in [0.25, 0.3) is 10.0 Å². The van der Waals surface area contributed by atoms with Gasteiger partial charge in [-0.15, -0.1) is 0 Å². The standard InChI is InChI=1S/C16H15FN4O2S/c17-14-6-1-3-11-9-12(10-18-16(11)14)20-24(22,23)15-7-8-19-21(15)13-4-2-5-13/h1,3,6-10,13,20H,2,4-5H2. The molecule has 1 aromatic carbocycles. The van der Waals surface area contributed by atoms with Crippen molar-refractivity contribution >= 4 is 26.6 Å². The lowest BCUT2D eigenvalue weighted by Gasteiger charge is -2.27. The van der Waals surface area contributed by atoms with E-state index in [4.69, 9.17) is 0 Å². The predicted molar refractivity (Wildman–Crippen MR) is 87.6 cm³/mol. The van der Waals surface area contributed by atoms with Crippen LogP contribution in [0, 0.1) is 5.82 Å². The number of aromatic nitrogens is 3. The molecule has 0 spiro atoms. The van der Waals surface area contributed by atoms with Crippen molar-refractivity contribution in [2.24, 2.45) is 0 Å². The van der Waals surface area contributed by atoms with Crippen LogP contribution < -0.4 is 4.72 Å². The smallest absolute Gasteiger partial charge is 0.277 e. The quantitative estimate of drug-likeness (QED) is 0.787. The average Bonchev–Trinajstić information content (AvgIpc) is 2.95. The van der Waals surface area contributed by atoms with Crippen molar-refractivity contribution in [3.63, 3.8) is 0 Å². The van der Waals surface area contributed by atoms with Gasteiger partial charge in [0.2, 0.25) is 0 Å². The fraction of sp³-hybridized carbons (Fsp3) is 0.250. The number of anilines is 1. The Kier molecular flexibility index (Phi) is 3.49. The van der Waals surface area contributed by atoms with E-state index < -0.39 is 15.8 Å². The second-order valence-corrected chi connectivity index (χ2v) is 7.47. The van der Waals surface area contributed by atoms with Gasteiger partial charge in [0, 0.05) is 5.39 Å². The van der Waals surface area contributed by atoms with Gasteiger partial charge >= 0.3 is 0 Å². The fourth-order valence-corrected chi connectivity index (χ4v) is 4.02. The first-order valence-corrected chi connectivity index (χ1v) is 9.13. The van der Waals surface area contributed by atoms with E-state index >= 15 is 0 Å². The third-order valence-electron chi connectivity index (χ3n) is 4.24. The van der Waals surface area contributed by atoms with Gasteiger partial charge in [0.05, 0.1) is 24.1 Å². The Morgan fingerprint density at radius 2 is 2.08 bits per heavy atom. The molecule has 0 aliphatic heterocycles. The zero-order valence-corrected chi connectivity index (χ0v) is 13.5. The topological polar surface area (TPSA) is 76.9 Å². The van der Waals surface area contributed by atoms with Gasteiger partial charge in [0.1, 0.15) is 11.3 Å². The summed E-state index contributed by atoms with van der Waals surface area (Å²) in [5.41, 5.74) is 0.495. The number of fused-ring (bicyclic) bond motifs is 1. The van der Waals surface area contributed by atoms with Crippen LogP contribution in [0.4, 0.5) is 10.1 Å². The Morgan fingerprint density at radius 1 is 1.25 bits per heavy atom. The number of nitrogens with one attached hydrogen (secondary N) is 1. The Morgan fingerprint density at radius 3 is 2.83 bits per heavy atom. The number of pyridine rings is 1. The van der Waals surface area contributed by atoms with Gasteiger partial charge in [-0.2, -0.15) is 13.5 Å². The van der Waals surface area contributed by atoms with Crippen molar-refractivity contribution in [3.05, 3.63) is 48.5 Å². The molecule has 1 fully saturated rings. The number of halogens is 1. The van der Waals surface area contributed by atoms with Crippen molar-refractivity contribution in [2.45, 2.75) is 30.3 Å². The summed E-state index contributed by atoms with van der Waals surface area (Å²) in [5, 5.41) is 4.80. The number of hydrogen-bond donors (Lipinski definition) is 1. The molecule has 0 radical (unpaired) electrons. The van der Waals surface area contributed by atoms with Crippen LogP contribution in [0.15, 0.2) is 47.8 Å². The van der Waals surface area contributed by atoms with E-state index in [9.17, 15) is 12.8 Å². The Balaban J connectivity index is 1.68. The lowest BCUT2D eigenvalue weighted by Crippen LogP contribution is -2.24. The van der Waals surface area contributed by atoms with Crippen molar-refractivity contribution in [1.29, 1.82) is 0 Å². The van der Waals surface area contributed by atoms with Gasteiger partial charge in [-0.1, -0.05) is 12.1 Å². The first-order valence-electron chi connectivity index (χ1n) is 7.65. The summed E-state index contributed by atoms with van der Waals surface area (Å²) in [6.07, 6.45) is 5.74. The van der Waals surface area contributed by atoms with E-state index in [1.165, 1.54) is 24.5 Å². The van der Waals surface area contributed by atoms with E-state index in [1.54, 1.807) is 22.9 Å². The second-order valence-electron chi connectivity index (χ2n) is 5.84. The maximum atomic E-state index is 13.7. The SMILES string of the molecule is O=S(=O)(Nc1cnc2c(F)cccc2c1)c1ccnn1C1CCC1. The lowest BCUT2D eigenvalue weighted by molar-refractivity contribution is 0.271. The second kappa shape index (κ2) is 5.55. The minimum atomic E-state index is -3.78. The number of benzene rings is 1. The average molecular weight is 346 g/mol. The normalized spacial score (nSPS) is 15.4. The molecule has 0 saturated heterocycles. The maximum absolute atomic E-state index is 13.7. The van der Waals surface area contributed by atoms with Crippen LogP contribution in [0.25, 0.3) is 10.9 Å². The van der Waals surface area contributed by atoms with Crippen LogP contribution in [-0.2, 0) is 10.0 Å². The molecule has 0 amide bonds. The molecule has 0 bridgehead atoms. The molecule has 24 heavy (non-hydrogen) atoms. The van der Waals surface area contributed by atoms with Crippen LogP contribution in [0.5, 0.6) is 0 Å². The lowest BCUT2D eigenvalue weighted by atomic mass is 9.93.